The molecule has 1 fully saturated rings. The van der Waals surface area contributed by atoms with E-state index in [1.165, 1.54) is 29.8 Å². The second kappa shape index (κ2) is 10.6. The molecule has 0 radical (unpaired) electrons. The third-order valence-electron chi connectivity index (χ3n) is 5.69. The highest BCUT2D eigenvalue weighted by atomic mass is 16.5. The highest BCUT2D eigenvalue weighted by Crippen LogP contribution is 2.28. The lowest BCUT2D eigenvalue weighted by Crippen LogP contribution is -2.50. The van der Waals surface area contributed by atoms with Gasteiger partial charge in [-0.3, -0.25) is 4.79 Å². The Morgan fingerprint density at radius 1 is 0.903 bits per heavy atom. The largest absolute Gasteiger partial charge is 0.478 e. The first-order valence-corrected chi connectivity index (χ1v) is 11.1. The maximum atomic E-state index is 12.8. The van der Waals surface area contributed by atoms with Gasteiger partial charge in [0.2, 0.25) is 0 Å². The number of anilines is 1. The Labute approximate surface area is 185 Å². The van der Waals surface area contributed by atoms with E-state index in [1.807, 2.05) is 24.3 Å². The van der Waals surface area contributed by atoms with Crippen LogP contribution in [-0.4, -0.2) is 66.0 Å². The maximum Gasteiger partial charge on any atom is 0.266 e. The third kappa shape index (κ3) is 5.99. The number of benzene rings is 2. The predicted molar refractivity (Wildman–Crippen MR) is 123 cm³/mol. The van der Waals surface area contributed by atoms with Crippen molar-refractivity contribution in [1.29, 1.82) is 0 Å². The number of aliphatic hydroxyl groups excluding tert-OH is 2. The predicted octanol–water partition coefficient (Wildman–Crippen LogP) is 3.31. The van der Waals surface area contributed by atoms with Gasteiger partial charge >= 0.3 is 0 Å². The molecule has 0 saturated carbocycles. The van der Waals surface area contributed by atoms with E-state index in [0.717, 1.165) is 24.2 Å². The molecule has 1 aliphatic rings. The van der Waals surface area contributed by atoms with Gasteiger partial charge in [-0.15, -0.1) is 0 Å². The quantitative estimate of drug-likeness (QED) is 0.644. The van der Waals surface area contributed by atoms with Crippen molar-refractivity contribution in [3.63, 3.8) is 0 Å². The van der Waals surface area contributed by atoms with E-state index in [4.69, 9.17) is 4.74 Å². The minimum absolute atomic E-state index is 0.160. The fraction of sp³-hybridized carbons (Fsp3) is 0.480. The van der Waals surface area contributed by atoms with Crippen LogP contribution in [0.25, 0.3) is 11.1 Å². The molecule has 6 nitrogen and oxygen atoms in total. The second-order valence-corrected chi connectivity index (χ2v) is 8.47. The van der Waals surface area contributed by atoms with Crippen LogP contribution < -0.4 is 9.64 Å². The van der Waals surface area contributed by atoms with Crippen molar-refractivity contribution in [2.45, 2.75) is 38.7 Å². The Morgan fingerprint density at radius 2 is 1.42 bits per heavy atom. The zero-order valence-electron chi connectivity index (χ0n) is 18.6. The van der Waals surface area contributed by atoms with Crippen molar-refractivity contribution in [3.8, 4) is 16.9 Å². The molecule has 2 N–H and O–H groups in total. The number of nitrogens with zero attached hydrogens (tertiary/aromatic N) is 2. The molecule has 0 unspecified atom stereocenters. The lowest BCUT2D eigenvalue weighted by molar-refractivity contribution is -0.146. The molecule has 1 heterocycles. The maximum absolute atomic E-state index is 12.8. The molecule has 0 aromatic heterocycles. The Balaban J connectivity index is 1.66. The molecule has 6 heteroatoms. The van der Waals surface area contributed by atoms with Crippen molar-refractivity contribution in [1.82, 2.24) is 4.90 Å². The van der Waals surface area contributed by atoms with E-state index in [2.05, 4.69) is 29.2 Å². The topological polar surface area (TPSA) is 73.2 Å². The number of carbonyl (C=O) groups excluding carboxylic acids is 1. The highest BCUT2D eigenvalue weighted by molar-refractivity contribution is 5.85. The molecule has 31 heavy (non-hydrogen) atoms. The first-order valence-electron chi connectivity index (χ1n) is 11.1. The second-order valence-electron chi connectivity index (χ2n) is 8.47. The van der Waals surface area contributed by atoms with Crippen LogP contribution in [0.2, 0.25) is 0 Å². The van der Waals surface area contributed by atoms with Crippen LogP contribution in [0.3, 0.4) is 0 Å². The van der Waals surface area contributed by atoms with Crippen molar-refractivity contribution in [3.05, 3.63) is 48.5 Å². The number of rotatable bonds is 9. The van der Waals surface area contributed by atoms with Gasteiger partial charge in [-0.2, -0.15) is 0 Å². The lowest BCUT2D eigenvalue weighted by Gasteiger charge is -2.31. The SMILES string of the molecule is CC(C)(Oc1ccc(-c2ccc(N3CCCCC3)cc2)cc1)C(=O)N(CCO)CCO. The van der Waals surface area contributed by atoms with Gasteiger partial charge < -0.3 is 24.7 Å². The van der Waals surface area contributed by atoms with Crippen LogP contribution in [0.1, 0.15) is 33.1 Å². The van der Waals surface area contributed by atoms with E-state index in [0.29, 0.717) is 5.75 Å². The monoisotopic (exact) mass is 426 g/mol. The molecule has 3 rings (SSSR count). The van der Waals surface area contributed by atoms with Crippen molar-refractivity contribution >= 4 is 11.6 Å². The van der Waals surface area contributed by atoms with E-state index in [9.17, 15) is 15.0 Å². The van der Waals surface area contributed by atoms with Gasteiger partial charge in [0.25, 0.3) is 5.91 Å². The minimum atomic E-state index is -1.11. The third-order valence-corrected chi connectivity index (χ3v) is 5.69. The first kappa shape index (κ1) is 23.1. The fourth-order valence-electron chi connectivity index (χ4n) is 4.01. The van der Waals surface area contributed by atoms with Gasteiger partial charge in [0.1, 0.15) is 5.75 Å². The summed E-state index contributed by atoms with van der Waals surface area (Å²) in [6.07, 6.45) is 3.85. The molecule has 0 aliphatic carbocycles. The van der Waals surface area contributed by atoms with Crippen LogP contribution in [0.4, 0.5) is 5.69 Å². The van der Waals surface area contributed by atoms with Crippen molar-refractivity contribution in [2.24, 2.45) is 0 Å². The van der Waals surface area contributed by atoms with Crippen LogP contribution in [-0.2, 0) is 4.79 Å². The van der Waals surface area contributed by atoms with E-state index in [-0.39, 0.29) is 32.2 Å². The summed E-state index contributed by atoms with van der Waals surface area (Å²) >= 11 is 0. The summed E-state index contributed by atoms with van der Waals surface area (Å²) in [5.74, 6) is 0.327. The Kier molecular flexibility index (Phi) is 7.93. The normalized spacial score (nSPS) is 14.4. The van der Waals surface area contributed by atoms with E-state index < -0.39 is 5.60 Å². The van der Waals surface area contributed by atoms with Crippen molar-refractivity contribution in [2.75, 3.05) is 44.3 Å². The fourth-order valence-corrected chi connectivity index (χ4v) is 4.01. The smallest absolute Gasteiger partial charge is 0.266 e. The van der Waals surface area contributed by atoms with E-state index in [1.54, 1.807) is 13.8 Å². The minimum Gasteiger partial charge on any atom is -0.478 e. The van der Waals surface area contributed by atoms with Gasteiger partial charge in [-0.25, -0.2) is 0 Å². The Bertz CT molecular complexity index is 822. The Hall–Kier alpha value is -2.57. The molecule has 1 amide bonds. The van der Waals surface area contributed by atoms with Gasteiger partial charge in [0.15, 0.2) is 5.60 Å². The number of hydrogen-bond donors (Lipinski definition) is 2. The van der Waals surface area contributed by atoms with Crippen LogP contribution >= 0.6 is 0 Å². The molecule has 1 aliphatic heterocycles. The van der Waals surface area contributed by atoms with Gasteiger partial charge in [0, 0.05) is 31.9 Å². The summed E-state index contributed by atoms with van der Waals surface area (Å²) in [6.45, 7) is 5.67. The molecular formula is C25H34N2O4. The van der Waals surface area contributed by atoms with Crippen LogP contribution in [0.15, 0.2) is 48.5 Å². The molecule has 2 aromatic rings. The van der Waals surface area contributed by atoms with Gasteiger partial charge in [-0.05, 0) is 68.5 Å². The molecule has 0 bridgehead atoms. The highest BCUT2D eigenvalue weighted by Gasteiger charge is 2.34. The molecule has 0 spiro atoms. The zero-order valence-corrected chi connectivity index (χ0v) is 18.6. The molecule has 1 saturated heterocycles. The number of ether oxygens (including phenoxy) is 1. The summed E-state index contributed by atoms with van der Waals surface area (Å²) in [5.41, 5.74) is 2.39. The summed E-state index contributed by atoms with van der Waals surface area (Å²) in [5, 5.41) is 18.4. The summed E-state index contributed by atoms with van der Waals surface area (Å²) in [6, 6.07) is 16.4. The molecule has 2 aromatic carbocycles. The number of amides is 1. The summed E-state index contributed by atoms with van der Waals surface area (Å²) in [7, 11) is 0. The summed E-state index contributed by atoms with van der Waals surface area (Å²) in [4.78, 5) is 16.6. The number of piperidine rings is 1. The lowest BCUT2D eigenvalue weighted by atomic mass is 10.0. The number of hydrogen-bond acceptors (Lipinski definition) is 5. The average molecular weight is 427 g/mol. The van der Waals surface area contributed by atoms with Crippen LogP contribution in [0, 0.1) is 0 Å². The first-order chi connectivity index (χ1) is 14.9. The molecule has 0 atom stereocenters. The number of carbonyl (C=O) groups is 1. The molecule has 168 valence electrons. The van der Waals surface area contributed by atoms with Crippen molar-refractivity contribution < 1.29 is 19.7 Å². The standard InChI is InChI=1S/C25H34N2O4/c1-25(2,24(30)27(16-18-28)17-19-29)31-23-12-8-21(9-13-23)20-6-10-22(11-7-20)26-14-4-3-5-15-26/h6-13,28-29H,3-5,14-19H2,1-2H3. The van der Waals surface area contributed by atoms with Crippen LogP contribution in [0.5, 0.6) is 5.75 Å². The zero-order chi connectivity index (χ0) is 22.3. The number of aliphatic hydroxyl groups is 2. The molecular weight excluding hydrogens is 392 g/mol. The summed E-state index contributed by atoms with van der Waals surface area (Å²) < 4.78 is 5.97. The Morgan fingerprint density at radius 3 is 1.94 bits per heavy atom. The van der Waals surface area contributed by atoms with Gasteiger partial charge in [-0.1, -0.05) is 24.3 Å². The average Bonchev–Trinajstić information content (AvgIpc) is 2.79. The van der Waals surface area contributed by atoms with E-state index >= 15 is 0 Å². The van der Waals surface area contributed by atoms with Gasteiger partial charge in [0.05, 0.1) is 13.2 Å².